The normalized spacial score (nSPS) is 28.4. The SMILES string of the molecule is CCCCCCCCCCCCO[C@@H]1O[C@@H](CO)C(I)C1O. The van der Waals surface area contributed by atoms with Crippen molar-refractivity contribution in [3.8, 4) is 0 Å². The van der Waals surface area contributed by atoms with Crippen LogP contribution in [0, 0.1) is 0 Å². The molecule has 1 aliphatic rings. The zero-order valence-electron chi connectivity index (χ0n) is 13.9. The van der Waals surface area contributed by atoms with Gasteiger partial charge < -0.3 is 19.7 Å². The molecule has 1 rings (SSSR count). The highest BCUT2D eigenvalue weighted by Crippen LogP contribution is 2.28. The van der Waals surface area contributed by atoms with Gasteiger partial charge in [0.05, 0.1) is 16.6 Å². The molecule has 0 aromatic heterocycles. The van der Waals surface area contributed by atoms with E-state index in [4.69, 9.17) is 14.6 Å². The molecule has 22 heavy (non-hydrogen) atoms. The van der Waals surface area contributed by atoms with Crippen molar-refractivity contribution < 1.29 is 19.7 Å². The second-order valence-corrected chi connectivity index (χ2v) is 7.65. The average molecular weight is 428 g/mol. The smallest absolute Gasteiger partial charge is 0.185 e. The van der Waals surface area contributed by atoms with E-state index in [0.717, 1.165) is 6.42 Å². The quantitative estimate of drug-likeness (QED) is 0.266. The number of hydrogen-bond acceptors (Lipinski definition) is 4. The first-order valence-corrected chi connectivity index (χ1v) is 10.1. The molecule has 0 amide bonds. The molecule has 0 saturated carbocycles. The maximum absolute atomic E-state index is 9.95. The molecule has 5 heteroatoms. The predicted molar refractivity (Wildman–Crippen MR) is 97.4 cm³/mol. The van der Waals surface area contributed by atoms with Gasteiger partial charge in [-0.1, -0.05) is 87.3 Å². The number of halogens is 1. The van der Waals surface area contributed by atoms with Crippen molar-refractivity contribution in [1.29, 1.82) is 0 Å². The van der Waals surface area contributed by atoms with Gasteiger partial charge in [-0.05, 0) is 6.42 Å². The van der Waals surface area contributed by atoms with Crippen LogP contribution >= 0.6 is 22.6 Å². The Morgan fingerprint density at radius 1 is 0.955 bits per heavy atom. The fourth-order valence-corrected chi connectivity index (χ4v) is 3.50. The van der Waals surface area contributed by atoms with Gasteiger partial charge in [0, 0.05) is 6.61 Å². The van der Waals surface area contributed by atoms with Crippen molar-refractivity contribution in [2.45, 2.75) is 93.6 Å². The highest BCUT2D eigenvalue weighted by Gasteiger charge is 2.42. The number of aliphatic hydroxyl groups excluding tert-OH is 2. The summed E-state index contributed by atoms with van der Waals surface area (Å²) in [6.07, 6.45) is 11.4. The van der Waals surface area contributed by atoms with Gasteiger partial charge in [-0.2, -0.15) is 0 Å². The molecule has 0 aliphatic carbocycles. The molecule has 0 radical (unpaired) electrons. The maximum Gasteiger partial charge on any atom is 0.185 e. The van der Waals surface area contributed by atoms with E-state index in [0.29, 0.717) is 6.61 Å². The van der Waals surface area contributed by atoms with Crippen molar-refractivity contribution in [2.24, 2.45) is 0 Å². The minimum Gasteiger partial charge on any atom is -0.394 e. The first-order chi connectivity index (χ1) is 10.7. The van der Waals surface area contributed by atoms with E-state index in [1.54, 1.807) is 0 Å². The fraction of sp³-hybridized carbons (Fsp3) is 1.00. The third-order valence-electron chi connectivity index (χ3n) is 4.23. The van der Waals surface area contributed by atoms with Gasteiger partial charge in [-0.15, -0.1) is 0 Å². The molecule has 132 valence electrons. The van der Waals surface area contributed by atoms with Crippen molar-refractivity contribution in [3.05, 3.63) is 0 Å². The molecule has 0 aromatic carbocycles. The third kappa shape index (κ3) is 7.90. The van der Waals surface area contributed by atoms with Crippen LogP contribution in [-0.4, -0.2) is 45.8 Å². The standard InChI is InChI=1S/C17H33IO4/c1-2-3-4-5-6-7-8-9-10-11-12-21-17-16(20)15(18)14(13-19)22-17/h14-17,19-20H,2-13H2,1H3/t14-,15?,16?,17+/m0/s1. The highest BCUT2D eigenvalue weighted by atomic mass is 127. The van der Waals surface area contributed by atoms with Crippen LogP contribution in [0.4, 0.5) is 0 Å². The largest absolute Gasteiger partial charge is 0.394 e. The van der Waals surface area contributed by atoms with Crippen molar-refractivity contribution in [1.82, 2.24) is 0 Å². The Hall–Kier alpha value is 0.570. The molecule has 1 aliphatic heterocycles. The van der Waals surface area contributed by atoms with Crippen LogP contribution in [0.3, 0.4) is 0 Å². The number of hydrogen-bond donors (Lipinski definition) is 2. The fourth-order valence-electron chi connectivity index (χ4n) is 2.77. The van der Waals surface area contributed by atoms with Gasteiger partial charge in [-0.25, -0.2) is 0 Å². The Morgan fingerprint density at radius 2 is 1.50 bits per heavy atom. The molecule has 0 bridgehead atoms. The predicted octanol–water partition coefficient (Wildman–Crippen LogP) is 3.81. The molecule has 2 unspecified atom stereocenters. The molecule has 0 aromatic rings. The van der Waals surface area contributed by atoms with Gasteiger partial charge >= 0.3 is 0 Å². The lowest BCUT2D eigenvalue weighted by atomic mass is 10.1. The van der Waals surface area contributed by atoms with E-state index in [2.05, 4.69) is 29.5 Å². The number of rotatable bonds is 13. The van der Waals surface area contributed by atoms with E-state index in [9.17, 15) is 5.11 Å². The Bertz CT molecular complexity index is 265. The second kappa shape index (κ2) is 12.9. The zero-order valence-corrected chi connectivity index (χ0v) is 16.0. The van der Waals surface area contributed by atoms with Gasteiger partial charge in [0.25, 0.3) is 0 Å². The van der Waals surface area contributed by atoms with Crippen LogP contribution < -0.4 is 0 Å². The molecule has 4 atom stereocenters. The van der Waals surface area contributed by atoms with Gasteiger partial charge in [-0.3, -0.25) is 0 Å². The Labute approximate surface area is 149 Å². The molecule has 1 saturated heterocycles. The van der Waals surface area contributed by atoms with Crippen LogP contribution in [0.25, 0.3) is 0 Å². The van der Waals surface area contributed by atoms with E-state index < -0.39 is 12.4 Å². The lowest BCUT2D eigenvalue weighted by molar-refractivity contribution is -0.169. The van der Waals surface area contributed by atoms with E-state index >= 15 is 0 Å². The Balaban J connectivity index is 1.89. The highest BCUT2D eigenvalue weighted by molar-refractivity contribution is 14.1. The lowest BCUT2D eigenvalue weighted by Gasteiger charge is -2.15. The first-order valence-electron chi connectivity index (χ1n) is 8.90. The van der Waals surface area contributed by atoms with Crippen molar-refractivity contribution in [2.75, 3.05) is 13.2 Å². The topological polar surface area (TPSA) is 58.9 Å². The summed E-state index contributed by atoms with van der Waals surface area (Å²) >= 11 is 2.12. The van der Waals surface area contributed by atoms with Crippen molar-refractivity contribution >= 4 is 22.6 Å². The minimum atomic E-state index is -0.638. The minimum absolute atomic E-state index is 0.0667. The summed E-state index contributed by atoms with van der Waals surface area (Å²) in [5.74, 6) is 0. The zero-order chi connectivity index (χ0) is 16.2. The third-order valence-corrected chi connectivity index (χ3v) is 5.77. The average Bonchev–Trinajstić information content (AvgIpc) is 2.80. The molecule has 2 N–H and O–H groups in total. The lowest BCUT2D eigenvalue weighted by Crippen LogP contribution is -2.30. The van der Waals surface area contributed by atoms with E-state index in [1.165, 1.54) is 57.8 Å². The van der Waals surface area contributed by atoms with Crippen molar-refractivity contribution in [3.63, 3.8) is 0 Å². The summed E-state index contributed by atoms with van der Waals surface area (Å²) < 4.78 is 11.0. The second-order valence-electron chi connectivity index (χ2n) is 6.21. The molecule has 1 heterocycles. The molecular weight excluding hydrogens is 395 g/mol. The van der Waals surface area contributed by atoms with E-state index in [1.807, 2.05) is 0 Å². The number of unbranched alkanes of at least 4 members (excludes halogenated alkanes) is 9. The van der Waals surface area contributed by atoms with Crippen LogP contribution in [0.5, 0.6) is 0 Å². The molecule has 1 fully saturated rings. The molecule has 4 nitrogen and oxygen atoms in total. The maximum atomic E-state index is 9.95. The summed E-state index contributed by atoms with van der Waals surface area (Å²) in [6.45, 7) is 2.81. The number of aliphatic hydroxyl groups is 2. The molecule has 0 spiro atoms. The summed E-state index contributed by atoms with van der Waals surface area (Å²) in [4.78, 5) is 0. The van der Waals surface area contributed by atoms with Gasteiger partial charge in [0.1, 0.15) is 6.10 Å². The summed E-state index contributed by atoms with van der Waals surface area (Å²) in [7, 11) is 0. The number of ether oxygens (including phenoxy) is 2. The van der Waals surface area contributed by atoms with Crippen LogP contribution in [-0.2, 0) is 9.47 Å². The monoisotopic (exact) mass is 428 g/mol. The van der Waals surface area contributed by atoms with Crippen LogP contribution in [0.15, 0.2) is 0 Å². The van der Waals surface area contributed by atoms with E-state index in [-0.39, 0.29) is 16.6 Å². The van der Waals surface area contributed by atoms with Crippen LogP contribution in [0.1, 0.15) is 71.1 Å². The Morgan fingerprint density at radius 3 is 2.00 bits per heavy atom. The summed E-state index contributed by atoms with van der Waals surface area (Å²) in [6, 6.07) is 0. The molecular formula is C17H33IO4. The van der Waals surface area contributed by atoms with Gasteiger partial charge in [0.15, 0.2) is 6.29 Å². The van der Waals surface area contributed by atoms with Crippen LogP contribution in [0.2, 0.25) is 0 Å². The van der Waals surface area contributed by atoms with Gasteiger partial charge in [0.2, 0.25) is 0 Å². The number of alkyl halides is 1. The summed E-state index contributed by atoms with van der Waals surface area (Å²) in [5.41, 5.74) is 0. The summed E-state index contributed by atoms with van der Waals surface area (Å²) in [5, 5.41) is 19.1. The first kappa shape index (κ1) is 20.6. The Kier molecular flexibility index (Phi) is 12.1.